The fourth-order valence-corrected chi connectivity index (χ4v) is 3.45. The van der Waals surface area contributed by atoms with E-state index in [1.165, 1.54) is 30.6 Å². The van der Waals surface area contributed by atoms with E-state index >= 15 is 0 Å². The quantitative estimate of drug-likeness (QED) is 0.899. The summed E-state index contributed by atoms with van der Waals surface area (Å²) in [5.41, 5.74) is 2.43. The number of nitrogens with zero attached hydrogens (tertiary/aromatic N) is 2. The van der Waals surface area contributed by atoms with Crippen LogP contribution in [-0.2, 0) is 0 Å². The number of hydrogen-bond acceptors (Lipinski definition) is 3. The summed E-state index contributed by atoms with van der Waals surface area (Å²) >= 11 is 6.45. The molecule has 1 fully saturated rings. The van der Waals surface area contributed by atoms with Gasteiger partial charge in [0.2, 0.25) is 0 Å². The van der Waals surface area contributed by atoms with Gasteiger partial charge in [0, 0.05) is 36.4 Å². The molecule has 1 aromatic rings. The van der Waals surface area contributed by atoms with Crippen molar-refractivity contribution in [2.75, 3.05) is 45.7 Å². The molecule has 1 aromatic carbocycles. The SMILES string of the molecule is CNC(C)c1ccc(N2CCC(CN(C)C)CC2)cc1Cl. The number of anilines is 1. The van der Waals surface area contributed by atoms with E-state index in [4.69, 9.17) is 11.6 Å². The molecule has 0 aliphatic carbocycles. The van der Waals surface area contributed by atoms with Crippen LogP contribution in [0.15, 0.2) is 18.2 Å². The van der Waals surface area contributed by atoms with E-state index < -0.39 is 0 Å². The summed E-state index contributed by atoms with van der Waals surface area (Å²) in [5, 5.41) is 4.11. The van der Waals surface area contributed by atoms with Crippen molar-refractivity contribution in [3.05, 3.63) is 28.8 Å². The van der Waals surface area contributed by atoms with Crippen LogP contribution in [0.1, 0.15) is 31.4 Å². The minimum atomic E-state index is 0.289. The Morgan fingerprint density at radius 1 is 1.33 bits per heavy atom. The van der Waals surface area contributed by atoms with Gasteiger partial charge in [-0.3, -0.25) is 0 Å². The van der Waals surface area contributed by atoms with E-state index in [-0.39, 0.29) is 6.04 Å². The molecule has 118 valence electrons. The van der Waals surface area contributed by atoms with Crippen LogP contribution in [0.4, 0.5) is 5.69 Å². The minimum absolute atomic E-state index is 0.289. The average molecular weight is 310 g/mol. The summed E-state index contributed by atoms with van der Waals surface area (Å²) in [4.78, 5) is 4.76. The van der Waals surface area contributed by atoms with Gasteiger partial charge in [0.25, 0.3) is 0 Å². The number of halogens is 1. The maximum Gasteiger partial charge on any atom is 0.0474 e. The van der Waals surface area contributed by atoms with Crippen molar-refractivity contribution in [2.24, 2.45) is 5.92 Å². The molecule has 2 rings (SSSR count). The predicted octanol–water partition coefficient (Wildman–Crippen LogP) is 3.40. The van der Waals surface area contributed by atoms with Gasteiger partial charge in [0.1, 0.15) is 0 Å². The molecule has 1 unspecified atom stereocenters. The van der Waals surface area contributed by atoms with Crippen molar-refractivity contribution in [3.8, 4) is 0 Å². The second-order valence-electron chi connectivity index (χ2n) is 6.41. The molecular weight excluding hydrogens is 282 g/mol. The van der Waals surface area contributed by atoms with Gasteiger partial charge in [-0.15, -0.1) is 0 Å². The lowest BCUT2D eigenvalue weighted by molar-refractivity contribution is 0.285. The highest BCUT2D eigenvalue weighted by Gasteiger charge is 2.20. The van der Waals surface area contributed by atoms with Gasteiger partial charge in [0.05, 0.1) is 0 Å². The summed E-state index contributed by atoms with van der Waals surface area (Å²) in [7, 11) is 6.28. The summed E-state index contributed by atoms with van der Waals surface area (Å²) in [6, 6.07) is 6.78. The lowest BCUT2D eigenvalue weighted by atomic mass is 9.96. The largest absolute Gasteiger partial charge is 0.371 e. The van der Waals surface area contributed by atoms with E-state index in [1.54, 1.807) is 0 Å². The first-order valence-corrected chi connectivity index (χ1v) is 8.25. The van der Waals surface area contributed by atoms with Crippen LogP contribution in [0.2, 0.25) is 5.02 Å². The molecule has 1 saturated heterocycles. The molecule has 0 saturated carbocycles. The van der Waals surface area contributed by atoms with E-state index in [2.05, 4.69) is 54.3 Å². The van der Waals surface area contributed by atoms with Gasteiger partial charge in [-0.25, -0.2) is 0 Å². The molecule has 0 aromatic heterocycles. The number of piperidine rings is 1. The van der Waals surface area contributed by atoms with Gasteiger partial charge >= 0.3 is 0 Å². The third-order valence-electron chi connectivity index (χ3n) is 4.49. The van der Waals surface area contributed by atoms with Crippen LogP contribution in [0.3, 0.4) is 0 Å². The topological polar surface area (TPSA) is 18.5 Å². The molecule has 1 aliphatic heterocycles. The second kappa shape index (κ2) is 7.48. The van der Waals surface area contributed by atoms with E-state index in [1.807, 2.05) is 7.05 Å². The molecule has 1 atom stereocenters. The van der Waals surface area contributed by atoms with Crippen LogP contribution in [0.5, 0.6) is 0 Å². The Morgan fingerprint density at radius 2 is 2.00 bits per heavy atom. The van der Waals surface area contributed by atoms with Gasteiger partial charge in [0.15, 0.2) is 0 Å². The van der Waals surface area contributed by atoms with Crippen LogP contribution in [0.25, 0.3) is 0 Å². The Kier molecular flexibility index (Phi) is 5.91. The van der Waals surface area contributed by atoms with Crippen molar-refractivity contribution >= 4 is 17.3 Å². The summed E-state index contributed by atoms with van der Waals surface area (Å²) < 4.78 is 0. The third kappa shape index (κ3) is 4.35. The molecular formula is C17H28ClN3. The highest BCUT2D eigenvalue weighted by Crippen LogP contribution is 2.30. The Hall–Kier alpha value is -0.770. The first kappa shape index (κ1) is 16.6. The first-order chi connectivity index (χ1) is 10.0. The average Bonchev–Trinajstić information content (AvgIpc) is 2.46. The van der Waals surface area contributed by atoms with E-state index in [0.29, 0.717) is 0 Å². The highest BCUT2D eigenvalue weighted by atomic mass is 35.5. The lowest BCUT2D eigenvalue weighted by Crippen LogP contribution is -2.37. The predicted molar refractivity (Wildman–Crippen MR) is 92.4 cm³/mol. The Morgan fingerprint density at radius 3 is 2.52 bits per heavy atom. The Bertz CT molecular complexity index is 453. The van der Waals surface area contributed by atoms with Crippen molar-refractivity contribution < 1.29 is 0 Å². The van der Waals surface area contributed by atoms with Crippen LogP contribution in [0, 0.1) is 5.92 Å². The van der Waals surface area contributed by atoms with Crippen LogP contribution >= 0.6 is 11.6 Å². The molecule has 0 spiro atoms. The lowest BCUT2D eigenvalue weighted by Gasteiger charge is -2.35. The second-order valence-corrected chi connectivity index (χ2v) is 6.82. The van der Waals surface area contributed by atoms with Gasteiger partial charge in [-0.05, 0) is 64.5 Å². The summed E-state index contributed by atoms with van der Waals surface area (Å²) in [6.07, 6.45) is 2.54. The van der Waals surface area contributed by atoms with Crippen molar-refractivity contribution in [1.82, 2.24) is 10.2 Å². The zero-order chi connectivity index (χ0) is 15.4. The Balaban J connectivity index is 1.99. The zero-order valence-corrected chi connectivity index (χ0v) is 14.5. The molecule has 21 heavy (non-hydrogen) atoms. The van der Waals surface area contributed by atoms with Crippen LogP contribution in [-0.4, -0.2) is 45.7 Å². The van der Waals surface area contributed by atoms with E-state index in [0.717, 1.165) is 24.0 Å². The minimum Gasteiger partial charge on any atom is -0.371 e. The molecule has 4 heteroatoms. The van der Waals surface area contributed by atoms with E-state index in [9.17, 15) is 0 Å². The highest BCUT2D eigenvalue weighted by molar-refractivity contribution is 6.31. The fourth-order valence-electron chi connectivity index (χ4n) is 3.11. The normalized spacial score (nSPS) is 18.3. The molecule has 0 amide bonds. The first-order valence-electron chi connectivity index (χ1n) is 7.87. The monoisotopic (exact) mass is 309 g/mol. The summed E-state index contributed by atoms with van der Waals surface area (Å²) in [5.74, 6) is 0.829. The van der Waals surface area contributed by atoms with Crippen molar-refractivity contribution in [3.63, 3.8) is 0 Å². The van der Waals surface area contributed by atoms with Crippen molar-refractivity contribution in [1.29, 1.82) is 0 Å². The maximum atomic E-state index is 6.45. The molecule has 0 radical (unpaired) electrons. The molecule has 3 nitrogen and oxygen atoms in total. The maximum absolute atomic E-state index is 6.45. The van der Waals surface area contributed by atoms with Crippen LogP contribution < -0.4 is 10.2 Å². The standard InChI is InChI=1S/C17H28ClN3/c1-13(19-2)16-6-5-15(11-17(16)18)21-9-7-14(8-10-21)12-20(3)4/h5-6,11,13-14,19H,7-10,12H2,1-4H3. The number of rotatable bonds is 5. The molecule has 0 bridgehead atoms. The summed E-state index contributed by atoms with van der Waals surface area (Å²) in [6.45, 7) is 5.60. The third-order valence-corrected chi connectivity index (χ3v) is 4.81. The number of hydrogen-bond donors (Lipinski definition) is 1. The van der Waals surface area contributed by atoms with Gasteiger partial charge in [-0.2, -0.15) is 0 Å². The van der Waals surface area contributed by atoms with Gasteiger partial charge < -0.3 is 15.1 Å². The van der Waals surface area contributed by atoms with Gasteiger partial charge in [-0.1, -0.05) is 17.7 Å². The fraction of sp³-hybridized carbons (Fsp3) is 0.647. The zero-order valence-electron chi connectivity index (χ0n) is 13.7. The molecule has 1 N–H and O–H groups in total. The number of benzene rings is 1. The number of nitrogens with one attached hydrogen (secondary N) is 1. The molecule has 1 heterocycles. The smallest absolute Gasteiger partial charge is 0.0474 e. The Labute approximate surface area is 134 Å². The van der Waals surface area contributed by atoms with Crippen molar-refractivity contribution in [2.45, 2.75) is 25.8 Å². The molecule has 1 aliphatic rings.